The molecule has 1 spiro atoms. The number of rotatable bonds is 2. The van der Waals surface area contributed by atoms with Gasteiger partial charge in [-0.1, -0.05) is 12.7 Å². The number of allylic oxidation sites excluding steroid dienone is 1. The predicted octanol–water partition coefficient (Wildman–Crippen LogP) is 0.516. The van der Waals surface area contributed by atoms with Crippen molar-refractivity contribution in [1.82, 2.24) is 0 Å². The van der Waals surface area contributed by atoms with Gasteiger partial charge in [0, 0.05) is 17.4 Å². The summed E-state index contributed by atoms with van der Waals surface area (Å²) in [7, 11) is 1.28. The average molecular weight is 308 g/mol. The number of methoxy groups -OCH3 is 1. The summed E-state index contributed by atoms with van der Waals surface area (Å²) in [5.74, 6) is -1.33. The van der Waals surface area contributed by atoms with Crippen molar-refractivity contribution in [2.75, 3.05) is 13.7 Å². The molecule has 0 amide bonds. The number of hydrogen-bond donors (Lipinski definition) is 2. The molecule has 6 nitrogen and oxygen atoms in total. The summed E-state index contributed by atoms with van der Waals surface area (Å²) in [6.45, 7) is 5.72. The van der Waals surface area contributed by atoms with E-state index in [4.69, 9.17) is 14.2 Å². The Morgan fingerprint density at radius 2 is 2.32 bits per heavy atom. The second kappa shape index (κ2) is 5.22. The molecule has 2 aliphatic heterocycles. The fraction of sp³-hybridized carbons (Fsp3) is 0.562. The third-order valence-electron chi connectivity index (χ3n) is 4.72. The van der Waals surface area contributed by atoms with Crippen LogP contribution in [0.25, 0.3) is 0 Å². The lowest BCUT2D eigenvalue weighted by molar-refractivity contribution is -0.213. The molecule has 22 heavy (non-hydrogen) atoms. The van der Waals surface area contributed by atoms with Crippen LogP contribution in [-0.4, -0.2) is 47.9 Å². The fourth-order valence-corrected chi connectivity index (χ4v) is 3.58. The highest BCUT2D eigenvalue weighted by Crippen LogP contribution is 2.50. The first-order chi connectivity index (χ1) is 10.4. The van der Waals surface area contributed by atoms with Gasteiger partial charge >= 0.3 is 5.97 Å². The lowest BCUT2D eigenvalue weighted by atomic mass is 9.76. The van der Waals surface area contributed by atoms with Crippen molar-refractivity contribution in [1.29, 1.82) is 0 Å². The van der Waals surface area contributed by atoms with Gasteiger partial charge in [0.1, 0.15) is 11.7 Å². The van der Waals surface area contributed by atoms with E-state index in [9.17, 15) is 15.0 Å². The van der Waals surface area contributed by atoms with Crippen molar-refractivity contribution >= 4 is 5.97 Å². The van der Waals surface area contributed by atoms with Crippen LogP contribution in [0.1, 0.15) is 6.92 Å². The van der Waals surface area contributed by atoms with E-state index in [-0.39, 0.29) is 18.4 Å². The molecule has 0 bridgehead atoms. The molecule has 0 aromatic carbocycles. The van der Waals surface area contributed by atoms with Gasteiger partial charge in [-0.3, -0.25) is 4.79 Å². The fourth-order valence-electron chi connectivity index (χ4n) is 3.58. The zero-order valence-corrected chi connectivity index (χ0v) is 12.6. The number of carbonyl (C=O) groups is 1. The number of aliphatic hydroxyl groups is 2. The number of ether oxygens (including phenoxy) is 3. The van der Waals surface area contributed by atoms with Crippen molar-refractivity contribution in [2.45, 2.75) is 24.9 Å². The van der Waals surface area contributed by atoms with Gasteiger partial charge in [0.25, 0.3) is 0 Å². The van der Waals surface area contributed by atoms with Crippen LogP contribution in [0.3, 0.4) is 0 Å². The van der Waals surface area contributed by atoms with Crippen LogP contribution in [-0.2, 0) is 19.0 Å². The number of aliphatic hydroxyl groups excluding tert-OH is 2. The van der Waals surface area contributed by atoms with Crippen molar-refractivity contribution in [2.24, 2.45) is 17.8 Å². The highest BCUT2D eigenvalue weighted by atomic mass is 16.6. The van der Waals surface area contributed by atoms with E-state index in [0.29, 0.717) is 11.3 Å². The SMILES string of the molecule is C=C1O[C@]2(C=C[C@@H]3[C@@H](C(=O)OC)[C@H](O)OC[C@@H]32)C=C1[C@@H](C)O. The molecule has 1 fully saturated rings. The number of esters is 1. The summed E-state index contributed by atoms with van der Waals surface area (Å²) in [5, 5.41) is 19.8. The monoisotopic (exact) mass is 308 g/mol. The minimum absolute atomic E-state index is 0.187. The molecule has 1 saturated heterocycles. The van der Waals surface area contributed by atoms with Crippen molar-refractivity contribution in [3.8, 4) is 0 Å². The highest BCUT2D eigenvalue weighted by molar-refractivity contribution is 5.74. The molecular formula is C16H20O6. The Morgan fingerprint density at radius 3 is 2.91 bits per heavy atom. The second-order valence-corrected chi connectivity index (χ2v) is 5.97. The van der Waals surface area contributed by atoms with Crippen LogP contribution >= 0.6 is 0 Å². The quantitative estimate of drug-likeness (QED) is 0.571. The van der Waals surface area contributed by atoms with E-state index < -0.39 is 29.9 Å². The maximum absolute atomic E-state index is 12.0. The third kappa shape index (κ3) is 2.10. The summed E-state index contributed by atoms with van der Waals surface area (Å²) in [6, 6.07) is 0. The standard InChI is InChI=1S/C16H20O6/c1-8(17)11-6-16(22-9(11)2)5-4-10-12(16)7-21-15(19)13(10)14(18)20-3/h4-6,8,10,12-13,15,17,19H,2,7H2,1,3H3/t8-,10+,12+,13+,15-,16-/m1/s1. The molecule has 0 saturated carbocycles. The van der Waals surface area contributed by atoms with E-state index in [1.165, 1.54) is 7.11 Å². The predicted molar refractivity (Wildman–Crippen MR) is 76.3 cm³/mol. The van der Waals surface area contributed by atoms with E-state index in [1.807, 2.05) is 18.2 Å². The van der Waals surface area contributed by atoms with Crippen molar-refractivity contribution < 1.29 is 29.2 Å². The molecule has 3 aliphatic rings. The summed E-state index contributed by atoms with van der Waals surface area (Å²) in [5.41, 5.74) is -0.161. The summed E-state index contributed by atoms with van der Waals surface area (Å²) < 4.78 is 16.0. The van der Waals surface area contributed by atoms with Gasteiger partial charge in [-0.2, -0.15) is 0 Å². The Kier molecular flexibility index (Phi) is 3.63. The molecule has 6 atom stereocenters. The Morgan fingerprint density at radius 1 is 1.59 bits per heavy atom. The van der Waals surface area contributed by atoms with E-state index in [1.54, 1.807) is 6.92 Å². The highest BCUT2D eigenvalue weighted by Gasteiger charge is 2.56. The van der Waals surface area contributed by atoms with Crippen LogP contribution in [0, 0.1) is 17.8 Å². The first kappa shape index (κ1) is 15.3. The Bertz CT molecular complexity index is 563. The van der Waals surface area contributed by atoms with Gasteiger partial charge < -0.3 is 24.4 Å². The zero-order chi connectivity index (χ0) is 16.1. The molecule has 1 aliphatic carbocycles. The van der Waals surface area contributed by atoms with Crippen LogP contribution in [0.5, 0.6) is 0 Å². The molecule has 0 aromatic rings. The summed E-state index contributed by atoms with van der Waals surface area (Å²) in [4.78, 5) is 12.0. The lowest BCUT2D eigenvalue weighted by Gasteiger charge is -2.40. The molecule has 0 aromatic heterocycles. The molecule has 2 heterocycles. The van der Waals surface area contributed by atoms with Crippen molar-refractivity contribution in [3.63, 3.8) is 0 Å². The van der Waals surface area contributed by atoms with Crippen LogP contribution in [0.2, 0.25) is 0 Å². The van der Waals surface area contributed by atoms with Crippen LogP contribution < -0.4 is 0 Å². The average Bonchev–Trinajstić information content (AvgIpc) is 2.99. The number of carbonyl (C=O) groups excluding carboxylic acids is 1. The smallest absolute Gasteiger partial charge is 0.314 e. The van der Waals surface area contributed by atoms with E-state index in [2.05, 4.69) is 6.58 Å². The Labute approximate surface area is 128 Å². The normalized spacial score (nSPS) is 41.1. The van der Waals surface area contributed by atoms with Gasteiger partial charge in [0.05, 0.1) is 19.8 Å². The summed E-state index contributed by atoms with van der Waals surface area (Å²) >= 11 is 0. The van der Waals surface area contributed by atoms with Gasteiger partial charge in [-0.05, 0) is 19.1 Å². The van der Waals surface area contributed by atoms with E-state index >= 15 is 0 Å². The van der Waals surface area contributed by atoms with Crippen molar-refractivity contribution in [3.05, 3.63) is 36.1 Å². The van der Waals surface area contributed by atoms with Gasteiger partial charge in [0.2, 0.25) is 0 Å². The largest absolute Gasteiger partial charge is 0.479 e. The van der Waals surface area contributed by atoms with Crippen LogP contribution in [0.4, 0.5) is 0 Å². The van der Waals surface area contributed by atoms with E-state index in [0.717, 1.165) is 0 Å². The lowest BCUT2D eigenvalue weighted by Crippen LogP contribution is -2.50. The zero-order valence-electron chi connectivity index (χ0n) is 12.6. The maximum Gasteiger partial charge on any atom is 0.314 e. The minimum atomic E-state index is -1.20. The molecule has 120 valence electrons. The Balaban J connectivity index is 1.93. The van der Waals surface area contributed by atoms with Gasteiger partial charge in [0.15, 0.2) is 11.9 Å². The topological polar surface area (TPSA) is 85.2 Å². The summed E-state index contributed by atoms with van der Waals surface area (Å²) in [6.07, 6.45) is 3.65. The van der Waals surface area contributed by atoms with Gasteiger partial charge in [-0.25, -0.2) is 0 Å². The first-order valence-electron chi connectivity index (χ1n) is 7.25. The third-order valence-corrected chi connectivity index (χ3v) is 4.72. The number of fused-ring (bicyclic) bond motifs is 2. The first-order valence-corrected chi connectivity index (χ1v) is 7.25. The Hall–Kier alpha value is -1.63. The molecular weight excluding hydrogens is 288 g/mol. The number of hydrogen-bond acceptors (Lipinski definition) is 6. The minimum Gasteiger partial charge on any atom is -0.479 e. The molecule has 2 N–H and O–H groups in total. The van der Waals surface area contributed by atoms with Crippen LogP contribution in [0.15, 0.2) is 36.1 Å². The molecule has 6 heteroatoms. The molecule has 0 radical (unpaired) electrons. The molecule has 3 rings (SSSR count). The van der Waals surface area contributed by atoms with Gasteiger partial charge in [-0.15, -0.1) is 0 Å². The second-order valence-electron chi connectivity index (χ2n) is 5.97. The maximum atomic E-state index is 12.0. The molecule has 0 unspecified atom stereocenters.